The monoisotopic (exact) mass is 380 g/mol. The Morgan fingerprint density at radius 2 is 2.22 bits per heavy atom. The highest BCUT2D eigenvalue weighted by molar-refractivity contribution is 9.11. The highest BCUT2D eigenvalue weighted by Gasteiger charge is 2.48. The predicted molar refractivity (Wildman–Crippen MR) is 92.7 cm³/mol. The molecule has 0 spiro atoms. The molecule has 0 aliphatic heterocycles. The fourth-order valence-corrected chi connectivity index (χ4v) is 5.45. The average molecular weight is 381 g/mol. The van der Waals surface area contributed by atoms with Gasteiger partial charge in [0.05, 0.1) is 12.2 Å². The average Bonchev–Trinajstić information content (AvgIpc) is 2.95. The summed E-state index contributed by atoms with van der Waals surface area (Å²) in [6.45, 7) is 1.83. The van der Waals surface area contributed by atoms with Crippen LogP contribution in [0.1, 0.15) is 51.9 Å². The maximum absolute atomic E-state index is 11.7. The first kappa shape index (κ1) is 17.2. The van der Waals surface area contributed by atoms with Gasteiger partial charge in [0.1, 0.15) is 5.78 Å². The first-order valence-electron chi connectivity index (χ1n) is 8.61. The van der Waals surface area contributed by atoms with Crippen LogP contribution in [0.3, 0.4) is 0 Å². The van der Waals surface area contributed by atoms with Crippen molar-refractivity contribution in [3.05, 3.63) is 10.6 Å². The molecule has 3 aliphatic rings. The number of ketones is 1. The van der Waals surface area contributed by atoms with Crippen molar-refractivity contribution in [2.75, 3.05) is 0 Å². The fourth-order valence-electron chi connectivity index (χ4n) is 4.66. The molecule has 0 aromatic heterocycles. The van der Waals surface area contributed by atoms with Gasteiger partial charge in [-0.25, -0.2) is 0 Å². The van der Waals surface area contributed by atoms with Gasteiger partial charge in [0.2, 0.25) is 0 Å². The van der Waals surface area contributed by atoms with Crippen molar-refractivity contribution in [1.29, 1.82) is 0 Å². The van der Waals surface area contributed by atoms with Crippen molar-refractivity contribution in [3.8, 4) is 11.8 Å². The maximum atomic E-state index is 11.7. The normalized spacial score (nSPS) is 36.9. The molecule has 0 saturated heterocycles. The smallest absolute Gasteiger partial charge is 0.133 e. The zero-order valence-electron chi connectivity index (χ0n) is 13.6. The van der Waals surface area contributed by atoms with Gasteiger partial charge in [-0.05, 0) is 38.0 Å². The molecule has 0 amide bonds. The van der Waals surface area contributed by atoms with E-state index in [1.54, 1.807) is 0 Å². The van der Waals surface area contributed by atoms with Crippen LogP contribution >= 0.6 is 15.9 Å². The molecule has 5 atom stereocenters. The molecule has 0 radical (unpaired) electrons. The molecule has 3 saturated carbocycles. The van der Waals surface area contributed by atoms with Crippen molar-refractivity contribution in [2.45, 2.75) is 64.1 Å². The van der Waals surface area contributed by atoms with Crippen molar-refractivity contribution in [1.82, 2.24) is 0 Å². The minimum atomic E-state index is -0.569. The van der Waals surface area contributed by atoms with E-state index >= 15 is 0 Å². The summed E-state index contributed by atoms with van der Waals surface area (Å²) in [6, 6.07) is 0. The molecule has 3 rings (SSSR count). The first-order chi connectivity index (χ1) is 11.0. The molecular formula is C19H25BrO3. The molecule has 3 fully saturated rings. The van der Waals surface area contributed by atoms with E-state index in [1.165, 1.54) is 0 Å². The van der Waals surface area contributed by atoms with Gasteiger partial charge < -0.3 is 10.2 Å². The molecular weight excluding hydrogens is 356 g/mol. The number of aliphatic hydroxyl groups is 2. The number of fused-ring (bicyclic) bond motifs is 1. The summed E-state index contributed by atoms with van der Waals surface area (Å²) < 4.78 is 0.763. The topological polar surface area (TPSA) is 57.5 Å². The second-order valence-electron chi connectivity index (χ2n) is 7.52. The van der Waals surface area contributed by atoms with Crippen LogP contribution < -0.4 is 0 Å². The third-order valence-electron chi connectivity index (χ3n) is 6.20. The summed E-state index contributed by atoms with van der Waals surface area (Å²) >= 11 is 3.56. The van der Waals surface area contributed by atoms with Crippen molar-refractivity contribution >= 4 is 21.7 Å². The summed E-state index contributed by atoms with van der Waals surface area (Å²) in [5.41, 5.74) is -0.146. The van der Waals surface area contributed by atoms with Gasteiger partial charge in [0.15, 0.2) is 0 Å². The lowest BCUT2D eigenvalue weighted by Gasteiger charge is -2.44. The van der Waals surface area contributed by atoms with Gasteiger partial charge >= 0.3 is 0 Å². The summed E-state index contributed by atoms with van der Waals surface area (Å²) in [5.74, 6) is 6.90. The largest absolute Gasteiger partial charge is 0.392 e. The Kier molecular flexibility index (Phi) is 5.01. The number of rotatable bonds is 4. The van der Waals surface area contributed by atoms with E-state index in [2.05, 4.69) is 27.8 Å². The van der Waals surface area contributed by atoms with E-state index in [0.717, 1.165) is 23.7 Å². The van der Waals surface area contributed by atoms with E-state index in [0.29, 0.717) is 37.4 Å². The summed E-state index contributed by atoms with van der Waals surface area (Å²) in [4.78, 5) is 11.7. The SMILES string of the molecule is CC#CCC1([C@H](O)C(Br)=C[C@H]2[C@H]3CC(=O)C[C@H]3C[C@H]2O)CCC1. The number of Topliss-reactive ketones (excluding diaryl/α,β-unsaturated/α-hetero) is 1. The zero-order valence-corrected chi connectivity index (χ0v) is 15.2. The van der Waals surface area contributed by atoms with Crippen LogP contribution in [0, 0.1) is 35.0 Å². The van der Waals surface area contributed by atoms with E-state index < -0.39 is 12.2 Å². The molecule has 0 aromatic carbocycles. The van der Waals surface area contributed by atoms with Crippen LogP contribution in [0.4, 0.5) is 0 Å². The van der Waals surface area contributed by atoms with Crippen LogP contribution in [-0.4, -0.2) is 28.2 Å². The zero-order chi connectivity index (χ0) is 16.6. The second-order valence-corrected chi connectivity index (χ2v) is 8.44. The Morgan fingerprint density at radius 1 is 1.48 bits per heavy atom. The van der Waals surface area contributed by atoms with Crippen molar-refractivity contribution in [2.24, 2.45) is 23.2 Å². The van der Waals surface area contributed by atoms with E-state index in [9.17, 15) is 15.0 Å². The summed E-state index contributed by atoms with van der Waals surface area (Å²) in [7, 11) is 0. The standard InChI is InChI=1S/C19H25BrO3/c1-2-3-5-19(6-4-7-19)18(23)16(20)11-15-14-10-13(21)8-12(14)9-17(15)22/h11-12,14-15,17-18,22-23H,4-10H2,1H3/t12-,14-,15-,17+,18+/m0/s1. The Morgan fingerprint density at radius 3 is 2.83 bits per heavy atom. The maximum Gasteiger partial charge on any atom is 0.133 e. The molecule has 0 heterocycles. The van der Waals surface area contributed by atoms with E-state index in [4.69, 9.17) is 0 Å². The van der Waals surface area contributed by atoms with Crippen LogP contribution in [-0.2, 0) is 4.79 Å². The molecule has 2 N–H and O–H groups in total. The third-order valence-corrected chi connectivity index (χ3v) is 6.90. The highest BCUT2D eigenvalue weighted by Crippen LogP contribution is 2.51. The van der Waals surface area contributed by atoms with Gasteiger partial charge in [0, 0.05) is 35.1 Å². The lowest BCUT2D eigenvalue weighted by atomic mass is 9.63. The van der Waals surface area contributed by atoms with Crippen molar-refractivity contribution < 1.29 is 15.0 Å². The molecule has 0 unspecified atom stereocenters. The van der Waals surface area contributed by atoms with Gasteiger partial charge in [0.25, 0.3) is 0 Å². The van der Waals surface area contributed by atoms with Gasteiger partial charge in [-0.2, -0.15) is 0 Å². The molecule has 3 nitrogen and oxygen atoms in total. The minimum Gasteiger partial charge on any atom is -0.392 e. The molecule has 3 aliphatic carbocycles. The Labute approximate surface area is 146 Å². The minimum absolute atomic E-state index is 0.0233. The first-order valence-corrected chi connectivity index (χ1v) is 9.41. The van der Waals surface area contributed by atoms with Crippen LogP contribution in [0.2, 0.25) is 0 Å². The highest BCUT2D eigenvalue weighted by atomic mass is 79.9. The number of carbonyl (C=O) groups is 1. The lowest BCUT2D eigenvalue weighted by molar-refractivity contribution is -0.118. The number of hydrogen-bond donors (Lipinski definition) is 2. The second kappa shape index (κ2) is 6.70. The molecule has 23 heavy (non-hydrogen) atoms. The van der Waals surface area contributed by atoms with Gasteiger partial charge in [-0.3, -0.25) is 4.79 Å². The van der Waals surface area contributed by atoms with Crippen molar-refractivity contribution in [3.63, 3.8) is 0 Å². The van der Waals surface area contributed by atoms with Gasteiger partial charge in [-0.15, -0.1) is 11.8 Å². The molecule has 4 heteroatoms. The molecule has 0 aromatic rings. The molecule has 126 valence electrons. The number of halogens is 1. The van der Waals surface area contributed by atoms with E-state index in [-0.39, 0.29) is 17.3 Å². The quantitative estimate of drug-likeness (QED) is 0.736. The van der Waals surface area contributed by atoms with Crippen LogP contribution in [0.5, 0.6) is 0 Å². The number of hydrogen-bond acceptors (Lipinski definition) is 3. The van der Waals surface area contributed by atoms with Crippen LogP contribution in [0.25, 0.3) is 0 Å². The summed E-state index contributed by atoms with van der Waals surface area (Å²) in [6.07, 6.45) is 6.74. The van der Waals surface area contributed by atoms with Crippen LogP contribution in [0.15, 0.2) is 10.6 Å². The third kappa shape index (κ3) is 3.16. The Hall–Kier alpha value is -0.630. The molecule has 0 bridgehead atoms. The van der Waals surface area contributed by atoms with Gasteiger partial charge in [-0.1, -0.05) is 28.4 Å². The predicted octanol–water partition coefficient (Wildman–Crippen LogP) is 3.19. The number of carbonyl (C=O) groups excluding carboxylic acids is 1. The van der Waals surface area contributed by atoms with E-state index in [1.807, 2.05) is 13.0 Å². The Bertz CT molecular complexity index is 567. The lowest BCUT2D eigenvalue weighted by Crippen LogP contribution is -2.41. The fraction of sp³-hybridized carbons (Fsp3) is 0.737. The summed E-state index contributed by atoms with van der Waals surface area (Å²) in [5, 5.41) is 21.2. The number of aliphatic hydroxyl groups excluding tert-OH is 2. The Balaban J connectivity index is 1.75.